The molecule has 1 aromatic carbocycles. The first-order valence-corrected chi connectivity index (χ1v) is 8.72. The van der Waals surface area contributed by atoms with Crippen LogP contribution in [0.5, 0.6) is 0 Å². The number of hydrogen-bond acceptors (Lipinski definition) is 4. The van der Waals surface area contributed by atoms with Crippen LogP contribution in [0.2, 0.25) is 0 Å². The SMILES string of the molecule is Cc1ccc(-c2csc(NC(=O)CCc3cccnc3)n2)c(C)c1. The Balaban J connectivity index is 1.62. The number of carbonyl (C=O) groups is 1. The number of anilines is 1. The minimum absolute atomic E-state index is 0.0274. The molecule has 24 heavy (non-hydrogen) atoms. The predicted molar refractivity (Wildman–Crippen MR) is 98.2 cm³/mol. The van der Waals surface area contributed by atoms with Gasteiger partial charge in [-0.25, -0.2) is 4.98 Å². The zero-order valence-corrected chi connectivity index (χ0v) is 14.6. The van der Waals surface area contributed by atoms with Crippen molar-refractivity contribution in [1.82, 2.24) is 9.97 Å². The number of aryl methyl sites for hydroxylation is 3. The smallest absolute Gasteiger partial charge is 0.226 e. The van der Waals surface area contributed by atoms with Crippen LogP contribution in [0.15, 0.2) is 48.1 Å². The Hall–Kier alpha value is -2.53. The van der Waals surface area contributed by atoms with Gasteiger partial charge in [0.1, 0.15) is 0 Å². The van der Waals surface area contributed by atoms with Crippen LogP contribution >= 0.6 is 11.3 Å². The molecule has 0 saturated heterocycles. The molecule has 0 radical (unpaired) electrons. The summed E-state index contributed by atoms with van der Waals surface area (Å²) in [5, 5.41) is 5.50. The molecule has 0 spiro atoms. The van der Waals surface area contributed by atoms with Gasteiger partial charge in [-0.3, -0.25) is 9.78 Å². The zero-order valence-electron chi connectivity index (χ0n) is 13.7. The van der Waals surface area contributed by atoms with Crippen LogP contribution in [0.25, 0.3) is 11.3 Å². The van der Waals surface area contributed by atoms with Crippen LogP contribution in [0.3, 0.4) is 0 Å². The fourth-order valence-electron chi connectivity index (χ4n) is 2.54. The lowest BCUT2D eigenvalue weighted by atomic mass is 10.0. The maximum atomic E-state index is 12.1. The fraction of sp³-hybridized carbons (Fsp3) is 0.211. The molecule has 0 atom stereocenters. The molecule has 1 amide bonds. The third-order valence-corrected chi connectivity index (χ3v) is 4.53. The first kappa shape index (κ1) is 16.3. The zero-order chi connectivity index (χ0) is 16.9. The molecular weight excluding hydrogens is 318 g/mol. The molecule has 4 nitrogen and oxygen atoms in total. The third-order valence-electron chi connectivity index (χ3n) is 3.77. The van der Waals surface area contributed by atoms with Gasteiger partial charge in [0.2, 0.25) is 5.91 Å². The molecule has 0 saturated carbocycles. The van der Waals surface area contributed by atoms with E-state index in [1.54, 1.807) is 12.4 Å². The van der Waals surface area contributed by atoms with Crippen LogP contribution in [-0.4, -0.2) is 15.9 Å². The third kappa shape index (κ3) is 4.06. The summed E-state index contributed by atoms with van der Waals surface area (Å²) in [6, 6.07) is 10.1. The maximum absolute atomic E-state index is 12.1. The summed E-state index contributed by atoms with van der Waals surface area (Å²) in [5.74, 6) is -0.0274. The Kier molecular flexibility index (Phi) is 5.01. The number of rotatable bonds is 5. The Labute approximate surface area is 145 Å². The van der Waals surface area contributed by atoms with Gasteiger partial charge in [-0.1, -0.05) is 29.8 Å². The van der Waals surface area contributed by atoms with Crippen LogP contribution < -0.4 is 5.32 Å². The topological polar surface area (TPSA) is 54.9 Å². The minimum Gasteiger partial charge on any atom is -0.302 e. The van der Waals surface area contributed by atoms with Gasteiger partial charge in [-0.05, 0) is 37.5 Å². The monoisotopic (exact) mass is 337 g/mol. The van der Waals surface area contributed by atoms with Gasteiger partial charge in [-0.15, -0.1) is 11.3 Å². The lowest BCUT2D eigenvalue weighted by Crippen LogP contribution is -2.12. The van der Waals surface area contributed by atoms with Crippen LogP contribution in [0, 0.1) is 13.8 Å². The Morgan fingerprint density at radius 2 is 2.12 bits per heavy atom. The number of pyridine rings is 1. The lowest BCUT2D eigenvalue weighted by Gasteiger charge is -2.04. The molecule has 2 heterocycles. The van der Waals surface area contributed by atoms with E-state index in [1.807, 2.05) is 17.5 Å². The van der Waals surface area contributed by atoms with Gasteiger partial charge >= 0.3 is 0 Å². The Morgan fingerprint density at radius 1 is 1.25 bits per heavy atom. The Morgan fingerprint density at radius 3 is 2.88 bits per heavy atom. The molecule has 5 heteroatoms. The van der Waals surface area contributed by atoms with Crippen molar-refractivity contribution in [2.75, 3.05) is 5.32 Å². The van der Waals surface area contributed by atoms with Crippen molar-refractivity contribution in [2.45, 2.75) is 26.7 Å². The quantitative estimate of drug-likeness (QED) is 0.751. The molecule has 0 aliphatic carbocycles. The number of aromatic nitrogens is 2. The van der Waals surface area contributed by atoms with E-state index >= 15 is 0 Å². The standard InChI is InChI=1S/C19H19N3OS/c1-13-5-7-16(14(2)10-13)17-12-24-19(21-17)22-18(23)8-6-15-4-3-9-20-11-15/h3-5,7,9-12H,6,8H2,1-2H3,(H,21,22,23). The van der Waals surface area contributed by atoms with Crippen molar-refractivity contribution in [2.24, 2.45) is 0 Å². The second-order valence-electron chi connectivity index (χ2n) is 5.77. The van der Waals surface area contributed by atoms with Gasteiger partial charge < -0.3 is 5.32 Å². The molecule has 0 fully saturated rings. The molecule has 2 aromatic heterocycles. The van der Waals surface area contributed by atoms with Crippen molar-refractivity contribution >= 4 is 22.4 Å². The summed E-state index contributed by atoms with van der Waals surface area (Å²) in [5.41, 5.74) is 5.49. The molecule has 122 valence electrons. The number of hydrogen-bond donors (Lipinski definition) is 1. The van der Waals surface area contributed by atoms with E-state index in [4.69, 9.17) is 0 Å². The summed E-state index contributed by atoms with van der Waals surface area (Å²) >= 11 is 1.45. The normalized spacial score (nSPS) is 10.6. The number of nitrogens with one attached hydrogen (secondary N) is 1. The number of nitrogens with zero attached hydrogens (tertiary/aromatic N) is 2. The second kappa shape index (κ2) is 7.36. The first-order valence-electron chi connectivity index (χ1n) is 7.84. The van der Waals surface area contributed by atoms with E-state index in [2.05, 4.69) is 47.3 Å². The van der Waals surface area contributed by atoms with E-state index in [-0.39, 0.29) is 5.91 Å². The summed E-state index contributed by atoms with van der Waals surface area (Å²) < 4.78 is 0. The van der Waals surface area contributed by atoms with Crippen molar-refractivity contribution in [1.29, 1.82) is 0 Å². The number of benzene rings is 1. The average molecular weight is 337 g/mol. The molecule has 3 rings (SSSR count). The Bertz CT molecular complexity index is 843. The van der Waals surface area contributed by atoms with Gasteiger partial charge in [0.15, 0.2) is 5.13 Å². The molecule has 0 aliphatic heterocycles. The van der Waals surface area contributed by atoms with Gasteiger partial charge in [-0.2, -0.15) is 0 Å². The molecule has 0 unspecified atom stereocenters. The average Bonchev–Trinajstić information content (AvgIpc) is 3.02. The largest absolute Gasteiger partial charge is 0.302 e. The molecule has 0 aliphatic rings. The molecule has 1 N–H and O–H groups in total. The van der Waals surface area contributed by atoms with Crippen molar-refractivity contribution in [3.8, 4) is 11.3 Å². The molecule has 3 aromatic rings. The number of thiazole rings is 1. The van der Waals surface area contributed by atoms with Crippen molar-refractivity contribution < 1.29 is 4.79 Å². The van der Waals surface area contributed by atoms with Gasteiger partial charge in [0.25, 0.3) is 0 Å². The maximum Gasteiger partial charge on any atom is 0.226 e. The van der Waals surface area contributed by atoms with Crippen molar-refractivity contribution in [3.05, 3.63) is 64.8 Å². The van der Waals surface area contributed by atoms with E-state index < -0.39 is 0 Å². The summed E-state index contributed by atoms with van der Waals surface area (Å²) in [7, 11) is 0. The summed E-state index contributed by atoms with van der Waals surface area (Å²) in [6.07, 6.45) is 4.61. The van der Waals surface area contributed by atoms with Crippen LogP contribution in [-0.2, 0) is 11.2 Å². The molecular formula is C19H19N3OS. The second-order valence-corrected chi connectivity index (χ2v) is 6.62. The number of carbonyl (C=O) groups excluding carboxylic acids is 1. The lowest BCUT2D eigenvalue weighted by molar-refractivity contribution is -0.116. The highest BCUT2D eigenvalue weighted by atomic mass is 32.1. The predicted octanol–water partition coefficient (Wildman–Crippen LogP) is 4.39. The first-order chi connectivity index (χ1) is 11.6. The van der Waals surface area contributed by atoms with E-state index in [0.29, 0.717) is 18.0 Å². The van der Waals surface area contributed by atoms with Crippen LogP contribution in [0.4, 0.5) is 5.13 Å². The van der Waals surface area contributed by atoms with Crippen LogP contribution in [0.1, 0.15) is 23.1 Å². The minimum atomic E-state index is -0.0274. The highest BCUT2D eigenvalue weighted by Gasteiger charge is 2.10. The van der Waals surface area contributed by atoms with E-state index in [0.717, 1.165) is 16.8 Å². The van der Waals surface area contributed by atoms with Gasteiger partial charge in [0.05, 0.1) is 5.69 Å². The summed E-state index contributed by atoms with van der Waals surface area (Å²) in [4.78, 5) is 20.7. The van der Waals surface area contributed by atoms with E-state index in [1.165, 1.54) is 22.5 Å². The highest BCUT2D eigenvalue weighted by molar-refractivity contribution is 7.14. The summed E-state index contributed by atoms with van der Waals surface area (Å²) in [6.45, 7) is 4.15. The number of amides is 1. The highest BCUT2D eigenvalue weighted by Crippen LogP contribution is 2.28. The molecule has 0 bridgehead atoms. The van der Waals surface area contributed by atoms with E-state index in [9.17, 15) is 4.79 Å². The van der Waals surface area contributed by atoms with Crippen molar-refractivity contribution in [3.63, 3.8) is 0 Å². The fourth-order valence-corrected chi connectivity index (χ4v) is 3.27. The van der Waals surface area contributed by atoms with Gasteiger partial charge in [0, 0.05) is 29.8 Å².